The molecule has 4 aliphatic rings. The third-order valence-electron chi connectivity index (χ3n) is 8.96. The fraction of sp³-hybridized carbons (Fsp3) is 0.576. The van der Waals surface area contributed by atoms with Crippen LogP contribution in [0.2, 0.25) is 0 Å². The fourth-order valence-corrected chi connectivity index (χ4v) is 7.38. The van der Waals surface area contributed by atoms with Gasteiger partial charge in [0.2, 0.25) is 11.8 Å². The topological polar surface area (TPSA) is 138 Å². The van der Waals surface area contributed by atoms with Crippen LogP contribution in [0.1, 0.15) is 82.1 Å². The zero-order valence-corrected chi connectivity index (χ0v) is 25.7. The van der Waals surface area contributed by atoms with Gasteiger partial charge in [0.1, 0.15) is 11.2 Å². The molecule has 10 heteroatoms. The third-order valence-corrected chi connectivity index (χ3v) is 8.96. The van der Waals surface area contributed by atoms with Crippen molar-refractivity contribution in [3.8, 4) is 5.88 Å². The molecular weight excluding hydrogens is 546 g/mol. The van der Waals surface area contributed by atoms with Gasteiger partial charge in [-0.05, 0) is 87.7 Å². The molecule has 0 saturated heterocycles. The molecular formula is C33H45N5O5. The molecule has 10 nitrogen and oxygen atoms in total. The molecule has 1 heterocycles. The average Bonchev–Trinajstić information content (AvgIpc) is 3.34. The van der Waals surface area contributed by atoms with Gasteiger partial charge in [-0.2, -0.15) is 5.10 Å². The number of carbonyl (C=O) groups excluding carboxylic acids is 3. The number of carbonyl (C=O) groups is 3. The second kappa shape index (κ2) is 12.4. The number of benzene rings is 1. The third kappa shape index (κ3) is 7.40. The number of nitrogens with one attached hydrogen (secondary N) is 2. The lowest BCUT2D eigenvalue weighted by molar-refractivity contribution is -0.137. The molecule has 1 aromatic carbocycles. The highest BCUT2D eigenvalue weighted by atomic mass is 16.6. The fourth-order valence-electron chi connectivity index (χ4n) is 7.38. The van der Waals surface area contributed by atoms with Crippen molar-refractivity contribution in [2.24, 2.45) is 29.4 Å². The van der Waals surface area contributed by atoms with Crippen molar-refractivity contribution < 1.29 is 23.9 Å². The standard InChI is InChI=1S/C33H45N5O5/c1-21(2)20-42-30-26(29(40)36-28-24-14-23-15-25(28)18-33(16-23,17-24)43-31(34)41)19-35-38(30)13-12-32(3,4)37-27(39)11-10-22-8-6-5-7-9-22/h5-9,12-13,19,21,23-25,28H,10-11,14-18,20H2,1-4H3,(H2,34,41)(H,36,40)(H,37,39)/b13-12+. The second-order valence-electron chi connectivity index (χ2n) is 13.7. The van der Waals surface area contributed by atoms with Gasteiger partial charge in [-0.15, -0.1) is 0 Å². The number of rotatable bonds is 12. The van der Waals surface area contributed by atoms with E-state index in [-0.39, 0.29) is 35.6 Å². The molecule has 6 rings (SSSR count). The van der Waals surface area contributed by atoms with Gasteiger partial charge < -0.3 is 25.8 Å². The van der Waals surface area contributed by atoms with Crippen molar-refractivity contribution in [1.29, 1.82) is 0 Å². The van der Waals surface area contributed by atoms with Crippen molar-refractivity contribution in [3.63, 3.8) is 0 Å². The summed E-state index contributed by atoms with van der Waals surface area (Å²) < 4.78 is 13.3. The van der Waals surface area contributed by atoms with Crippen molar-refractivity contribution in [2.45, 2.75) is 89.8 Å². The Labute approximate surface area is 253 Å². The Morgan fingerprint density at radius 3 is 2.49 bits per heavy atom. The van der Waals surface area contributed by atoms with Crippen LogP contribution < -0.4 is 21.1 Å². The van der Waals surface area contributed by atoms with E-state index in [0.29, 0.717) is 36.8 Å². The minimum Gasteiger partial charge on any atom is -0.477 e. The largest absolute Gasteiger partial charge is 0.477 e. The molecule has 232 valence electrons. The van der Waals surface area contributed by atoms with Crippen LogP contribution in [0.4, 0.5) is 4.79 Å². The first-order valence-corrected chi connectivity index (χ1v) is 15.5. The van der Waals surface area contributed by atoms with Crippen LogP contribution in [0, 0.1) is 23.7 Å². The number of hydrogen-bond acceptors (Lipinski definition) is 6. The maximum atomic E-state index is 13.7. The van der Waals surface area contributed by atoms with Crippen LogP contribution in [-0.4, -0.2) is 51.5 Å². The highest BCUT2D eigenvalue weighted by Gasteiger charge is 2.57. The van der Waals surface area contributed by atoms with Crippen LogP contribution in [0.5, 0.6) is 5.88 Å². The van der Waals surface area contributed by atoms with E-state index in [4.69, 9.17) is 15.2 Å². The number of nitrogens with zero attached hydrogens (tertiary/aromatic N) is 2. The first-order valence-electron chi connectivity index (χ1n) is 15.5. The Kier molecular flexibility index (Phi) is 8.85. The smallest absolute Gasteiger partial charge is 0.405 e. The molecule has 2 unspecified atom stereocenters. The number of amides is 3. The van der Waals surface area contributed by atoms with Crippen molar-refractivity contribution in [1.82, 2.24) is 20.4 Å². The van der Waals surface area contributed by atoms with Crippen molar-refractivity contribution in [2.75, 3.05) is 6.61 Å². The number of aryl methyl sites for hydroxylation is 1. The van der Waals surface area contributed by atoms with Gasteiger partial charge in [-0.25, -0.2) is 9.48 Å². The molecule has 4 aliphatic carbocycles. The molecule has 0 aliphatic heterocycles. The van der Waals surface area contributed by atoms with E-state index >= 15 is 0 Å². The number of nitrogens with two attached hydrogens (primary N) is 1. The Bertz CT molecular complexity index is 1330. The Hall–Kier alpha value is -3.82. The summed E-state index contributed by atoms with van der Waals surface area (Å²) in [6.07, 6.45) is 9.77. The second-order valence-corrected chi connectivity index (χ2v) is 13.7. The molecule has 1 aromatic heterocycles. The van der Waals surface area contributed by atoms with Crippen LogP contribution >= 0.6 is 0 Å². The summed E-state index contributed by atoms with van der Waals surface area (Å²) in [7, 11) is 0. The summed E-state index contributed by atoms with van der Waals surface area (Å²) in [6.45, 7) is 8.34. The Morgan fingerprint density at radius 2 is 1.84 bits per heavy atom. The van der Waals surface area contributed by atoms with E-state index in [2.05, 4.69) is 15.7 Å². The molecule has 43 heavy (non-hydrogen) atoms. The maximum absolute atomic E-state index is 13.7. The average molecular weight is 592 g/mol. The van der Waals surface area contributed by atoms with Gasteiger partial charge in [0.05, 0.1) is 18.3 Å². The highest BCUT2D eigenvalue weighted by molar-refractivity contribution is 5.96. The van der Waals surface area contributed by atoms with Gasteiger partial charge in [-0.3, -0.25) is 9.59 Å². The van der Waals surface area contributed by atoms with Gasteiger partial charge >= 0.3 is 6.09 Å². The summed E-state index contributed by atoms with van der Waals surface area (Å²) in [5.74, 6) is 1.29. The minimum atomic E-state index is -0.718. The summed E-state index contributed by atoms with van der Waals surface area (Å²) in [4.78, 5) is 38.0. The van der Waals surface area contributed by atoms with E-state index in [9.17, 15) is 14.4 Å². The summed E-state index contributed by atoms with van der Waals surface area (Å²) >= 11 is 0. The quantitative estimate of drug-likeness (QED) is 0.328. The summed E-state index contributed by atoms with van der Waals surface area (Å²) in [5, 5.41) is 10.8. The summed E-state index contributed by atoms with van der Waals surface area (Å²) in [5.41, 5.74) is 5.75. The predicted molar refractivity (Wildman–Crippen MR) is 163 cm³/mol. The van der Waals surface area contributed by atoms with Gasteiger partial charge in [-0.1, -0.05) is 44.2 Å². The van der Waals surface area contributed by atoms with E-state index < -0.39 is 17.2 Å². The molecule has 4 saturated carbocycles. The van der Waals surface area contributed by atoms with Crippen LogP contribution in [0.3, 0.4) is 0 Å². The van der Waals surface area contributed by atoms with E-state index in [1.54, 1.807) is 10.9 Å². The van der Waals surface area contributed by atoms with E-state index in [0.717, 1.165) is 37.7 Å². The zero-order valence-electron chi connectivity index (χ0n) is 25.7. The SMILES string of the molecule is CC(C)COc1c(C(=O)NC2C3CC4CC2CC(OC(N)=O)(C4)C3)cnn1/C=C/C(C)(C)NC(=O)CCc1ccccc1. The normalized spacial score (nSPS) is 26.1. The van der Waals surface area contributed by atoms with Crippen molar-refractivity contribution in [3.05, 3.63) is 53.7 Å². The predicted octanol–water partition coefficient (Wildman–Crippen LogP) is 4.69. The molecule has 4 bridgehead atoms. The number of primary amides is 1. The molecule has 4 fully saturated rings. The Morgan fingerprint density at radius 1 is 1.14 bits per heavy atom. The monoisotopic (exact) mass is 591 g/mol. The Balaban J connectivity index is 1.26. The molecule has 2 aromatic rings. The molecule has 2 atom stereocenters. The lowest BCUT2D eigenvalue weighted by Gasteiger charge is -2.58. The highest BCUT2D eigenvalue weighted by Crippen LogP contribution is 2.57. The minimum absolute atomic E-state index is 0.00414. The lowest BCUT2D eigenvalue weighted by Crippen LogP contribution is -2.63. The molecule has 0 radical (unpaired) electrons. The van der Waals surface area contributed by atoms with Gasteiger partial charge in [0.15, 0.2) is 0 Å². The first-order chi connectivity index (χ1) is 20.4. The molecule has 0 spiro atoms. The van der Waals surface area contributed by atoms with Crippen molar-refractivity contribution >= 4 is 24.1 Å². The van der Waals surface area contributed by atoms with Gasteiger partial charge in [0.25, 0.3) is 5.91 Å². The summed E-state index contributed by atoms with van der Waals surface area (Å²) in [6, 6.07) is 9.92. The lowest BCUT2D eigenvalue weighted by atomic mass is 9.52. The van der Waals surface area contributed by atoms with E-state index in [1.165, 1.54) is 6.20 Å². The molecule has 3 amide bonds. The van der Waals surface area contributed by atoms with Crippen LogP contribution in [-0.2, 0) is 16.0 Å². The van der Waals surface area contributed by atoms with Gasteiger partial charge in [0, 0.05) is 18.7 Å². The maximum Gasteiger partial charge on any atom is 0.405 e. The van der Waals surface area contributed by atoms with Crippen LogP contribution in [0.25, 0.3) is 6.20 Å². The zero-order chi connectivity index (χ0) is 30.8. The number of aromatic nitrogens is 2. The first kappa shape index (κ1) is 30.6. The van der Waals surface area contributed by atoms with E-state index in [1.807, 2.05) is 64.1 Å². The van der Waals surface area contributed by atoms with Crippen LogP contribution in [0.15, 0.2) is 42.6 Å². The molecule has 4 N–H and O–H groups in total. The number of hydrogen-bond donors (Lipinski definition) is 3. The number of ether oxygens (including phenoxy) is 2.